The Kier molecular flexibility index (Phi) is 7.92. The standard InChI is InChI=1S/C26H30N6O5/c33-25(21-3-1-20(2-4-21)18-30-13-15-35-16-14-30)29-24-6-5-23(17-28-24)36-26(34)31-10-7-22(8-11-31)37-32-12-9-27-19-32/h1-6,9,12,17,19,22H,7-8,10-11,13-16,18H2,(H,28,29,33). The summed E-state index contributed by atoms with van der Waals surface area (Å²) in [6, 6.07) is 10.8. The first-order valence-corrected chi connectivity index (χ1v) is 12.4. The number of carbonyl (C=O) groups excluding carboxylic acids is 2. The summed E-state index contributed by atoms with van der Waals surface area (Å²) in [5.41, 5.74) is 1.70. The van der Waals surface area contributed by atoms with Gasteiger partial charge in [0.2, 0.25) is 0 Å². The average Bonchev–Trinajstić information content (AvgIpc) is 3.44. The number of hydrogen-bond acceptors (Lipinski definition) is 8. The van der Waals surface area contributed by atoms with Crippen molar-refractivity contribution in [1.82, 2.24) is 24.5 Å². The van der Waals surface area contributed by atoms with Crippen molar-refractivity contribution in [2.24, 2.45) is 0 Å². The molecule has 3 aromatic rings. The van der Waals surface area contributed by atoms with Crippen molar-refractivity contribution in [2.75, 3.05) is 44.7 Å². The Morgan fingerprint density at radius 2 is 1.81 bits per heavy atom. The highest BCUT2D eigenvalue weighted by Crippen LogP contribution is 2.18. The minimum Gasteiger partial charge on any atom is -0.410 e. The highest BCUT2D eigenvalue weighted by molar-refractivity contribution is 6.03. The van der Waals surface area contributed by atoms with Crippen LogP contribution in [0.15, 0.2) is 61.3 Å². The summed E-state index contributed by atoms with van der Waals surface area (Å²) >= 11 is 0. The smallest absolute Gasteiger partial charge is 0.410 e. The van der Waals surface area contributed by atoms with E-state index in [1.165, 1.54) is 6.20 Å². The van der Waals surface area contributed by atoms with Gasteiger partial charge in [-0.15, -0.1) is 0 Å². The third kappa shape index (κ3) is 6.83. The molecule has 2 aromatic heterocycles. The third-order valence-electron chi connectivity index (χ3n) is 6.36. The highest BCUT2D eigenvalue weighted by Gasteiger charge is 2.25. The fraction of sp³-hybridized carbons (Fsp3) is 0.385. The number of carbonyl (C=O) groups is 2. The number of hydrogen-bond donors (Lipinski definition) is 1. The molecule has 5 rings (SSSR count). The molecule has 37 heavy (non-hydrogen) atoms. The molecule has 11 nitrogen and oxygen atoms in total. The molecule has 1 aromatic carbocycles. The fourth-order valence-corrected chi connectivity index (χ4v) is 4.27. The minimum absolute atomic E-state index is 0.0174. The Morgan fingerprint density at radius 3 is 2.49 bits per heavy atom. The number of rotatable bonds is 7. The quantitative estimate of drug-likeness (QED) is 0.520. The van der Waals surface area contributed by atoms with Crippen LogP contribution >= 0.6 is 0 Å². The number of aromatic nitrogens is 3. The van der Waals surface area contributed by atoms with Crippen molar-refractivity contribution in [3.8, 4) is 5.75 Å². The van der Waals surface area contributed by atoms with Crippen LogP contribution in [0.3, 0.4) is 0 Å². The summed E-state index contributed by atoms with van der Waals surface area (Å²) in [6.45, 7) is 5.25. The maximum absolute atomic E-state index is 12.6. The summed E-state index contributed by atoms with van der Waals surface area (Å²) in [5, 5.41) is 2.78. The van der Waals surface area contributed by atoms with Crippen LogP contribution in [0.1, 0.15) is 28.8 Å². The van der Waals surface area contributed by atoms with Crippen LogP contribution in [0.5, 0.6) is 5.75 Å². The summed E-state index contributed by atoms with van der Waals surface area (Å²) < 4.78 is 12.4. The maximum atomic E-state index is 12.6. The van der Waals surface area contributed by atoms with Crippen LogP contribution in [-0.2, 0) is 11.3 Å². The van der Waals surface area contributed by atoms with Gasteiger partial charge >= 0.3 is 6.09 Å². The van der Waals surface area contributed by atoms with E-state index in [9.17, 15) is 9.59 Å². The molecule has 2 aliphatic rings. The number of benzene rings is 1. The first-order chi connectivity index (χ1) is 18.1. The van der Waals surface area contributed by atoms with Crippen LogP contribution in [0.25, 0.3) is 0 Å². The van der Waals surface area contributed by atoms with Gasteiger partial charge in [-0.25, -0.2) is 14.8 Å². The third-order valence-corrected chi connectivity index (χ3v) is 6.36. The first kappa shape index (κ1) is 24.7. The number of nitrogens with one attached hydrogen (secondary N) is 1. The summed E-state index contributed by atoms with van der Waals surface area (Å²) in [5.74, 6) is 0.433. The number of nitrogens with zero attached hydrogens (tertiary/aromatic N) is 5. The van der Waals surface area contributed by atoms with Crippen LogP contribution in [-0.4, -0.2) is 82.0 Å². The number of ether oxygens (including phenoxy) is 2. The van der Waals surface area contributed by atoms with Gasteiger partial charge in [-0.3, -0.25) is 9.69 Å². The Labute approximate surface area is 214 Å². The number of piperidine rings is 1. The number of morpholine rings is 1. The number of amides is 2. The molecule has 0 spiro atoms. The van der Waals surface area contributed by atoms with E-state index >= 15 is 0 Å². The molecule has 0 bridgehead atoms. The molecule has 4 heterocycles. The van der Waals surface area contributed by atoms with E-state index in [4.69, 9.17) is 14.3 Å². The zero-order valence-corrected chi connectivity index (χ0v) is 20.5. The number of likely N-dealkylation sites (tertiary alicyclic amines) is 1. The maximum Gasteiger partial charge on any atom is 0.415 e. The fourth-order valence-electron chi connectivity index (χ4n) is 4.27. The monoisotopic (exact) mass is 506 g/mol. The van der Waals surface area contributed by atoms with Crippen molar-refractivity contribution in [3.05, 3.63) is 72.4 Å². The SMILES string of the molecule is O=C(Nc1ccc(OC(=O)N2CCC(On3ccnc3)CC2)cn1)c1ccc(CN2CCOCC2)cc1. The molecule has 0 unspecified atom stereocenters. The summed E-state index contributed by atoms with van der Waals surface area (Å²) in [7, 11) is 0. The van der Waals surface area contributed by atoms with Crippen molar-refractivity contribution < 1.29 is 23.9 Å². The number of pyridine rings is 1. The normalized spacial score (nSPS) is 16.8. The number of imidazole rings is 1. The Hall–Kier alpha value is -3.96. The van der Waals surface area contributed by atoms with E-state index in [1.54, 1.807) is 40.5 Å². The van der Waals surface area contributed by atoms with Gasteiger partial charge in [0.05, 0.1) is 25.6 Å². The lowest BCUT2D eigenvalue weighted by Crippen LogP contribution is -2.44. The minimum atomic E-state index is -0.433. The van der Waals surface area contributed by atoms with Crippen molar-refractivity contribution in [1.29, 1.82) is 0 Å². The second-order valence-electron chi connectivity index (χ2n) is 9.00. The largest absolute Gasteiger partial charge is 0.415 e. The molecule has 1 N–H and O–H groups in total. The zero-order chi connectivity index (χ0) is 25.5. The van der Waals surface area contributed by atoms with Crippen molar-refractivity contribution >= 4 is 17.8 Å². The molecule has 2 amide bonds. The van der Waals surface area contributed by atoms with E-state index in [1.807, 2.05) is 24.3 Å². The lowest BCUT2D eigenvalue weighted by atomic mass is 10.1. The highest BCUT2D eigenvalue weighted by atomic mass is 16.7. The molecular formula is C26H30N6O5. The molecule has 0 radical (unpaired) electrons. The molecule has 0 aliphatic carbocycles. The second-order valence-corrected chi connectivity index (χ2v) is 9.00. The summed E-state index contributed by atoms with van der Waals surface area (Å²) in [6.07, 6.45) is 7.40. The van der Waals surface area contributed by atoms with Gasteiger partial charge in [0.25, 0.3) is 5.91 Å². The second kappa shape index (κ2) is 11.8. The van der Waals surface area contributed by atoms with E-state index < -0.39 is 6.09 Å². The Morgan fingerprint density at radius 1 is 1.03 bits per heavy atom. The molecule has 2 fully saturated rings. The van der Waals surface area contributed by atoms with E-state index in [0.29, 0.717) is 43.1 Å². The van der Waals surface area contributed by atoms with Crippen LogP contribution in [0.2, 0.25) is 0 Å². The van der Waals surface area contributed by atoms with E-state index in [-0.39, 0.29) is 12.0 Å². The average molecular weight is 507 g/mol. The van der Waals surface area contributed by atoms with Gasteiger partial charge in [0.1, 0.15) is 18.2 Å². The zero-order valence-electron chi connectivity index (χ0n) is 20.5. The molecular weight excluding hydrogens is 476 g/mol. The molecule has 0 atom stereocenters. The predicted octanol–water partition coefficient (Wildman–Crippen LogP) is 2.45. The van der Waals surface area contributed by atoms with Crippen LogP contribution in [0, 0.1) is 0 Å². The van der Waals surface area contributed by atoms with Gasteiger partial charge in [-0.2, -0.15) is 4.73 Å². The molecule has 2 saturated heterocycles. The molecule has 194 valence electrons. The lowest BCUT2D eigenvalue weighted by molar-refractivity contribution is -0.0000303. The van der Waals surface area contributed by atoms with E-state index in [2.05, 4.69) is 20.2 Å². The van der Waals surface area contributed by atoms with Crippen LogP contribution in [0.4, 0.5) is 10.6 Å². The Balaban J connectivity index is 1.07. The molecule has 11 heteroatoms. The van der Waals surface area contributed by atoms with Gasteiger partial charge < -0.3 is 24.5 Å². The van der Waals surface area contributed by atoms with Crippen molar-refractivity contribution in [3.63, 3.8) is 0 Å². The van der Waals surface area contributed by atoms with Gasteiger partial charge in [0, 0.05) is 57.3 Å². The molecule has 0 saturated carbocycles. The summed E-state index contributed by atoms with van der Waals surface area (Å²) in [4.78, 5) is 43.1. The van der Waals surface area contributed by atoms with Gasteiger partial charge in [-0.05, 0) is 29.8 Å². The van der Waals surface area contributed by atoms with Gasteiger partial charge in [0.15, 0.2) is 5.75 Å². The first-order valence-electron chi connectivity index (χ1n) is 12.4. The predicted molar refractivity (Wildman–Crippen MR) is 134 cm³/mol. The van der Waals surface area contributed by atoms with E-state index in [0.717, 1.165) is 38.4 Å². The number of anilines is 1. The van der Waals surface area contributed by atoms with Gasteiger partial charge in [-0.1, -0.05) is 12.1 Å². The lowest BCUT2D eigenvalue weighted by Gasteiger charge is -2.31. The van der Waals surface area contributed by atoms with Crippen LogP contribution < -0.4 is 14.9 Å². The Bertz CT molecular complexity index is 1160. The molecule has 2 aliphatic heterocycles. The van der Waals surface area contributed by atoms with Crippen molar-refractivity contribution in [2.45, 2.75) is 25.5 Å². The topological polar surface area (TPSA) is 111 Å².